The Hall–Kier alpha value is -3.73. The van der Waals surface area contributed by atoms with Crippen molar-refractivity contribution in [1.29, 1.82) is 0 Å². The van der Waals surface area contributed by atoms with Crippen molar-refractivity contribution in [2.24, 2.45) is 0 Å². The number of nitrogens with zero attached hydrogens (tertiary/aromatic N) is 2. The number of anilines is 2. The smallest absolute Gasteiger partial charge is 0.338 e. The summed E-state index contributed by atoms with van der Waals surface area (Å²) in [6.07, 6.45) is 0. The van der Waals surface area contributed by atoms with Crippen LogP contribution in [0.15, 0.2) is 60.7 Å². The Labute approximate surface area is 182 Å². The van der Waals surface area contributed by atoms with Crippen molar-refractivity contribution in [2.45, 2.75) is 27.7 Å². The first-order valence-corrected chi connectivity index (χ1v) is 10.3. The minimum Gasteiger partial charge on any atom is -0.462 e. The van der Waals surface area contributed by atoms with Gasteiger partial charge in [-0.05, 0) is 75.2 Å². The first-order chi connectivity index (χ1) is 15.0. The van der Waals surface area contributed by atoms with Gasteiger partial charge in [-0.3, -0.25) is 0 Å². The molecule has 0 fully saturated rings. The Morgan fingerprint density at radius 2 is 1.52 bits per heavy atom. The fourth-order valence-electron chi connectivity index (χ4n) is 3.47. The van der Waals surface area contributed by atoms with Gasteiger partial charge in [0.2, 0.25) is 0 Å². The minimum atomic E-state index is -0.326. The maximum absolute atomic E-state index is 11.9. The van der Waals surface area contributed by atoms with Crippen LogP contribution < -0.4 is 5.32 Å². The van der Waals surface area contributed by atoms with Crippen molar-refractivity contribution in [1.82, 2.24) is 10.2 Å². The normalized spacial score (nSPS) is 10.8. The summed E-state index contributed by atoms with van der Waals surface area (Å²) in [5, 5.41) is 14.5. The van der Waals surface area contributed by atoms with Crippen LogP contribution >= 0.6 is 0 Å². The number of aromatic nitrogens is 2. The number of ether oxygens (including phenoxy) is 1. The van der Waals surface area contributed by atoms with E-state index >= 15 is 0 Å². The maximum atomic E-state index is 11.9. The number of hydrogen-bond acceptors (Lipinski definition) is 5. The molecule has 0 atom stereocenters. The van der Waals surface area contributed by atoms with Gasteiger partial charge in [0.25, 0.3) is 0 Å². The fraction of sp³-hybridized carbons (Fsp3) is 0.192. The molecule has 0 saturated carbocycles. The van der Waals surface area contributed by atoms with Gasteiger partial charge in [-0.1, -0.05) is 29.8 Å². The van der Waals surface area contributed by atoms with E-state index in [0.29, 0.717) is 18.0 Å². The van der Waals surface area contributed by atoms with Gasteiger partial charge in [0.05, 0.1) is 12.2 Å². The predicted octanol–water partition coefficient (Wildman–Crippen LogP) is 6.14. The molecule has 0 radical (unpaired) electrons. The van der Waals surface area contributed by atoms with E-state index in [4.69, 9.17) is 4.74 Å². The van der Waals surface area contributed by atoms with E-state index in [-0.39, 0.29) is 5.97 Å². The first-order valence-electron chi connectivity index (χ1n) is 10.3. The van der Waals surface area contributed by atoms with Crippen molar-refractivity contribution in [3.05, 3.63) is 82.9 Å². The third-order valence-corrected chi connectivity index (χ3v) is 5.38. The standard InChI is InChI=1S/C26H25N3O2/c1-5-31-26(30)20-10-12-21(13-11-20)27-25-23-15-18(4)17(3)14-22(23)24(28-29-25)19-8-6-16(2)7-9-19/h6-15H,5H2,1-4H3,(H,27,29). The molecule has 1 aromatic heterocycles. The zero-order chi connectivity index (χ0) is 22.0. The van der Waals surface area contributed by atoms with E-state index in [9.17, 15) is 4.79 Å². The second-order valence-electron chi connectivity index (χ2n) is 7.67. The lowest BCUT2D eigenvalue weighted by Gasteiger charge is -2.14. The maximum Gasteiger partial charge on any atom is 0.338 e. The highest BCUT2D eigenvalue weighted by Crippen LogP contribution is 2.33. The lowest BCUT2D eigenvalue weighted by atomic mass is 9.99. The minimum absolute atomic E-state index is 0.326. The van der Waals surface area contributed by atoms with E-state index in [1.807, 2.05) is 12.1 Å². The highest BCUT2D eigenvalue weighted by atomic mass is 16.5. The number of nitrogens with one attached hydrogen (secondary N) is 1. The summed E-state index contributed by atoms with van der Waals surface area (Å²) >= 11 is 0. The number of esters is 1. The van der Waals surface area contributed by atoms with Crippen LogP contribution in [-0.4, -0.2) is 22.8 Å². The van der Waals surface area contributed by atoms with Crippen molar-refractivity contribution in [3.8, 4) is 11.3 Å². The zero-order valence-electron chi connectivity index (χ0n) is 18.2. The van der Waals surface area contributed by atoms with Crippen molar-refractivity contribution in [2.75, 3.05) is 11.9 Å². The molecule has 0 unspecified atom stereocenters. The van der Waals surface area contributed by atoms with Crippen LogP contribution in [0.1, 0.15) is 34.0 Å². The molecule has 0 bridgehead atoms. The van der Waals surface area contributed by atoms with Crippen LogP contribution in [-0.2, 0) is 4.74 Å². The summed E-state index contributed by atoms with van der Waals surface area (Å²) in [5.74, 6) is 0.352. The molecule has 1 N–H and O–H groups in total. The van der Waals surface area contributed by atoms with Crippen molar-refractivity contribution in [3.63, 3.8) is 0 Å². The molecule has 5 nitrogen and oxygen atoms in total. The van der Waals surface area contributed by atoms with Crippen LogP contribution in [0.4, 0.5) is 11.5 Å². The average Bonchev–Trinajstić information content (AvgIpc) is 2.76. The van der Waals surface area contributed by atoms with Crippen LogP contribution in [0.25, 0.3) is 22.0 Å². The molecule has 5 heteroatoms. The second kappa shape index (κ2) is 8.56. The Balaban J connectivity index is 1.75. The number of carbonyl (C=O) groups is 1. The molecule has 0 amide bonds. The Morgan fingerprint density at radius 1 is 0.871 bits per heavy atom. The van der Waals surface area contributed by atoms with Crippen molar-refractivity contribution < 1.29 is 9.53 Å². The topological polar surface area (TPSA) is 64.1 Å². The quantitative estimate of drug-likeness (QED) is 0.400. The number of rotatable bonds is 5. The van der Waals surface area contributed by atoms with Gasteiger partial charge in [0.15, 0.2) is 5.82 Å². The van der Waals surface area contributed by atoms with Gasteiger partial charge in [0.1, 0.15) is 5.69 Å². The monoisotopic (exact) mass is 411 g/mol. The van der Waals surface area contributed by atoms with E-state index in [2.05, 4.69) is 72.7 Å². The van der Waals surface area contributed by atoms with Crippen molar-refractivity contribution >= 4 is 28.2 Å². The summed E-state index contributed by atoms with van der Waals surface area (Å²) in [6, 6.07) is 19.8. The SMILES string of the molecule is CCOC(=O)c1ccc(Nc2nnc(-c3ccc(C)cc3)c3cc(C)c(C)cc23)cc1. The lowest BCUT2D eigenvalue weighted by Crippen LogP contribution is -2.04. The van der Waals surface area contributed by atoms with E-state index in [1.54, 1.807) is 19.1 Å². The van der Waals surface area contributed by atoms with Crippen LogP contribution in [0, 0.1) is 20.8 Å². The van der Waals surface area contributed by atoms with E-state index in [1.165, 1.54) is 16.7 Å². The van der Waals surface area contributed by atoms with Gasteiger partial charge in [-0.25, -0.2) is 4.79 Å². The predicted molar refractivity (Wildman–Crippen MR) is 125 cm³/mol. The summed E-state index contributed by atoms with van der Waals surface area (Å²) in [6.45, 7) is 8.42. The number of carbonyl (C=O) groups excluding carboxylic acids is 1. The molecular formula is C26H25N3O2. The molecule has 0 aliphatic carbocycles. The molecule has 3 aromatic carbocycles. The van der Waals surface area contributed by atoms with Gasteiger partial charge in [0, 0.05) is 22.0 Å². The molecule has 4 rings (SSSR count). The Bertz CT molecular complexity index is 1250. The van der Waals surface area contributed by atoms with Gasteiger partial charge in [-0.15, -0.1) is 10.2 Å². The number of fused-ring (bicyclic) bond motifs is 1. The van der Waals surface area contributed by atoms with E-state index < -0.39 is 0 Å². The Kier molecular flexibility index (Phi) is 5.67. The number of hydrogen-bond donors (Lipinski definition) is 1. The number of benzene rings is 3. The molecule has 31 heavy (non-hydrogen) atoms. The average molecular weight is 412 g/mol. The highest BCUT2D eigenvalue weighted by Gasteiger charge is 2.14. The molecule has 156 valence electrons. The molecule has 1 heterocycles. The molecule has 0 saturated heterocycles. The lowest BCUT2D eigenvalue weighted by molar-refractivity contribution is 0.0526. The largest absolute Gasteiger partial charge is 0.462 e. The third-order valence-electron chi connectivity index (χ3n) is 5.38. The third kappa shape index (κ3) is 4.26. The van der Waals surface area contributed by atoms with Crippen LogP contribution in [0.2, 0.25) is 0 Å². The molecule has 0 aliphatic heterocycles. The van der Waals surface area contributed by atoms with Gasteiger partial charge in [-0.2, -0.15) is 0 Å². The summed E-state index contributed by atoms with van der Waals surface area (Å²) in [4.78, 5) is 11.9. The van der Waals surface area contributed by atoms with Gasteiger partial charge >= 0.3 is 5.97 Å². The highest BCUT2D eigenvalue weighted by molar-refractivity contribution is 6.01. The van der Waals surface area contributed by atoms with Gasteiger partial charge < -0.3 is 10.1 Å². The molecule has 4 aromatic rings. The first kappa shape index (κ1) is 20.5. The second-order valence-corrected chi connectivity index (χ2v) is 7.67. The van der Waals surface area contributed by atoms with E-state index in [0.717, 1.165) is 27.7 Å². The molecular weight excluding hydrogens is 386 g/mol. The number of aryl methyl sites for hydroxylation is 3. The Morgan fingerprint density at radius 3 is 2.16 bits per heavy atom. The zero-order valence-corrected chi connectivity index (χ0v) is 18.2. The van der Waals surface area contributed by atoms with Crippen LogP contribution in [0.3, 0.4) is 0 Å². The summed E-state index contributed by atoms with van der Waals surface area (Å²) in [5.41, 5.74) is 6.85. The summed E-state index contributed by atoms with van der Waals surface area (Å²) in [7, 11) is 0. The van der Waals surface area contributed by atoms with Crippen LogP contribution in [0.5, 0.6) is 0 Å². The molecule has 0 spiro atoms. The summed E-state index contributed by atoms with van der Waals surface area (Å²) < 4.78 is 5.05. The molecule has 0 aliphatic rings. The fourth-order valence-corrected chi connectivity index (χ4v) is 3.47.